The summed E-state index contributed by atoms with van der Waals surface area (Å²) in [5.74, 6) is 0. The highest BCUT2D eigenvalue weighted by atomic mass is 31.2. The first-order valence-electron chi connectivity index (χ1n) is 9.45. The van der Waals surface area contributed by atoms with Gasteiger partial charge in [0.25, 0.3) is 0 Å². The quantitative estimate of drug-likeness (QED) is 0.261. The Morgan fingerprint density at radius 1 is 0.786 bits per heavy atom. The van der Waals surface area contributed by atoms with Crippen molar-refractivity contribution in [3.05, 3.63) is 110 Å². The molecule has 28 heavy (non-hydrogen) atoms. The number of hydrogen-bond donors (Lipinski definition) is 0. The van der Waals surface area contributed by atoms with Crippen LogP contribution >= 0.6 is 7.14 Å². The molecule has 1 unspecified atom stereocenters. The lowest BCUT2D eigenvalue weighted by Gasteiger charge is -2.22. The van der Waals surface area contributed by atoms with Crippen molar-refractivity contribution in [2.45, 2.75) is 41.0 Å². The fourth-order valence-electron chi connectivity index (χ4n) is 1.97. The second-order valence-corrected chi connectivity index (χ2v) is 7.07. The third kappa shape index (κ3) is 11.5. The molecule has 158 valence electrons. The SMILES string of the molecule is C=C/C=C\C(=C/C=C)P(=O)(/C(C=C)=C/C=C)/C(C=C)=C/CC.CC.CC.CF. The van der Waals surface area contributed by atoms with Gasteiger partial charge in [0, 0.05) is 15.9 Å². The highest BCUT2D eigenvalue weighted by molar-refractivity contribution is 7.76. The Morgan fingerprint density at radius 3 is 1.54 bits per heavy atom. The fraction of sp³-hybridized carbons (Fsp3) is 0.280. The number of rotatable bonds is 10. The summed E-state index contributed by atoms with van der Waals surface area (Å²) in [5, 5.41) is 1.95. The Hall–Kier alpha value is -2.18. The summed E-state index contributed by atoms with van der Waals surface area (Å²) in [5.41, 5.74) is 0. The van der Waals surface area contributed by atoms with Crippen molar-refractivity contribution < 1.29 is 8.96 Å². The van der Waals surface area contributed by atoms with Gasteiger partial charge >= 0.3 is 0 Å². The van der Waals surface area contributed by atoms with E-state index in [1.54, 1.807) is 54.7 Å². The first-order valence-corrected chi connectivity index (χ1v) is 11.2. The average Bonchev–Trinajstić information content (AvgIpc) is 2.76. The maximum Gasteiger partial charge on any atom is 0.170 e. The van der Waals surface area contributed by atoms with E-state index in [1.165, 1.54) is 0 Å². The van der Waals surface area contributed by atoms with Crippen molar-refractivity contribution >= 4 is 7.14 Å². The zero-order valence-corrected chi connectivity index (χ0v) is 19.6. The summed E-state index contributed by atoms with van der Waals surface area (Å²) in [4.78, 5) is 0. The topological polar surface area (TPSA) is 17.1 Å². The van der Waals surface area contributed by atoms with E-state index in [4.69, 9.17) is 0 Å². The van der Waals surface area contributed by atoms with Crippen molar-refractivity contribution in [3.8, 4) is 0 Å². The van der Waals surface area contributed by atoms with Crippen LogP contribution < -0.4 is 0 Å². The molecule has 0 aliphatic heterocycles. The van der Waals surface area contributed by atoms with E-state index in [0.29, 0.717) is 23.1 Å². The Labute approximate surface area is 174 Å². The second kappa shape index (κ2) is 24.8. The van der Waals surface area contributed by atoms with Crippen molar-refractivity contribution in [2.24, 2.45) is 0 Å². The van der Waals surface area contributed by atoms with E-state index < -0.39 is 7.14 Å². The summed E-state index contributed by atoms with van der Waals surface area (Å²) in [6, 6.07) is 0. The molecule has 0 N–H and O–H groups in total. The third-order valence-corrected chi connectivity index (χ3v) is 6.08. The number of halogens is 1. The zero-order chi connectivity index (χ0) is 23.0. The minimum Gasteiger partial charge on any atom is -0.309 e. The monoisotopic (exact) mass is 406 g/mol. The summed E-state index contributed by atoms with van der Waals surface area (Å²) < 4.78 is 23.4. The lowest BCUT2D eigenvalue weighted by molar-refractivity contribution is 0.588. The van der Waals surface area contributed by atoms with Crippen molar-refractivity contribution in [3.63, 3.8) is 0 Å². The molecule has 0 rings (SSSR count). The Balaban J connectivity index is -0.000000434. The normalized spacial score (nSPS) is 13.2. The van der Waals surface area contributed by atoms with Gasteiger partial charge in [-0.3, -0.25) is 4.39 Å². The molecule has 0 saturated carbocycles. The van der Waals surface area contributed by atoms with Gasteiger partial charge in [0.2, 0.25) is 0 Å². The van der Waals surface area contributed by atoms with Gasteiger partial charge < -0.3 is 4.57 Å². The highest BCUT2D eigenvalue weighted by Crippen LogP contribution is 2.68. The van der Waals surface area contributed by atoms with Gasteiger partial charge in [0.15, 0.2) is 7.14 Å². The van der Waals surface area contributed by atoms with Crippen molar-refractivity contribution in [2.75, 3.05) is 7.18 Å². The van der Waals surface area contributed by atoms with Crippen LogP contribution in [0.1, 0.15) is 41.0 Å². The molecule has 0 aromatic heterocycles. The van der Waals surface area contributed by atoms with Crippen LogP contribution in [0.15, 0.2) is 110 Å². The molecule has 0 aliphatic carbocycles. The predicted octanol–water partition coefficient (Wildman–Crippen LogP) is 9.54. The second-order valence-electron chi connectivity index (χ2n) is 4.30. The molecule has 0 aromatic rings. The maximum absolute atomic E-state index is 13.9. The number of allylic oxidation sites excluding steroid dienone is 13. The van der Waals surface area contributed by atoms with E-state index in [1.807, 2.05) is 40.7 Å². The van der Waals surface area contributed by atoms with Crippen molar-refractivity contribution in [1.82, 2.24) is 0 Å². The van der Waals surface area contributed by atoms with Crippen LogP contribution in [0.3, 0.4) is 0 Å². The largest absolute Gasteiger partial charge is 0.309 e. The third-order valence-electron chi connectivity index (χ3n) is 2.90. The summed E-state index contributed by atoms with van der Waals surface area (Å²) in [7, 11) is -2.56. The summed E-state index contributed by atoms with van der Waals surface area (Å²) in [6.07, 6.45) is 17.8. The van der Waals surface area contributed by atoms with Crippen LogP contribution in [0.5, 0.6) is 0 Å². The first-order chi connectivity index (χ1) is 13.6. The molecule has 0 heterocycles. The van der Waals surface area contributed by atoms with Gasteiger partial charge in [0.05, 0.1) is 7.18 Å². The lowest BCUT2D eigenvalue weighted by Crippen LogP contribution is -1.92. The zero-order valence-electron chi connectivity index (χ0n) is 18.7. The van der Waals surface area contributed by atoms with Gasteiger partial charge in [-0.05, 0) is 6.42 Å². The Kier molecular flexibility index (Phi) is 29.6. The average molecular weight is 407 g/mol. The Morgan fingerprint density at radius 2 is 1.21 bits per heavy atom. The standard InChI is InChI=1S/C20H25OP.2C2H6.CH3F/c1-7-13-17-20(16-10-4)22(21,18(11-5)14-8-2)19(12-6)15-9-3;3*1-2/h7-8,10-17H,1-2,4-6,9H2,3H3;2*1-2H3;1H3/b17-13-,18-14+,19-15+,20-16+;;;. The van der Waals surface area contributed by atoms with Crippen LogP contribution in [0.2, 0.25) is 0 Å². The predicted molar refractivity (Wildman–Crippen MR) is 132 cm³/mol. The molecule has 0 saturated heterocycles. The van der Waals surface area contributed by atoms with Crippen LogP contribution in [0, 0.1) is 0 Å². The molecular formula is C25H40FOP. The molecule has 1 atom stereocenters. The lowest BCUT2D eigenvalue weighted by atomic mass is 10.4. The smallest absolute Gasteiger partial charge is 0.170 e. The van der Waals surface area contributed by atoms with E-state index in [0.717, 1.165) is 6.42 Å². The first kappa shape index (κ1) is 33.4. The fourth-order valence-corrected chi connectivity index (χ4v) is 4.75. The molecule has 0 spiro atoms. The molecule has 0 bridgehead atoms. The van der Waals surface area contributed by atoms with E-state index in [2.05, 4.69) is 32.9 Å². The molecule has 0 aliphatic rings. The summed E-state index contributed by atoms with van der Waals surface area (Å²) in [6.45, 7) is 28.7. The molecule has 0 amide bonds. The molecule has 0 aromatic carbocycles. The van der Waals surface area contributed by atoms with E-state index >= 15 is 0 Å². The van der Waals surface area contributed by atoms with Crippen LogP contribution in [-0.4, -0.2) is 7.18 Å². The maximum atomic E-state index is 13.9. The van der Waals surface area contributed by atoms with Gasteiger partial charge in [0.1, 0.15) is 0 Å². The molecule has 3 heteroatoms. The Bertz CT molecular complexity index is 616. The highest BCUT2D eigenvalue weighted by Gasteiger charge is 2.31. The van der Waals surface area contributed by atoms with Gasteiger partial charge in [-0.2, -0.15) is 0 Å². The van der Waals surface area contributed by atoms with Crippen molar-refractivity contribution in [1.29, 1.82) is 0 Å². The van der Waals surface area contributed by atoms with Gasteiger partial charge in [-0.1, -0.05) is 128 Å². The van der Waals surface area contributed by atoms with E-state index in [9.17, 15) is 8.96 Å². The minimum absolute atomic E-state index is 0.500. The summed E-state index contributed by atoms with van der Waals surface area (Å²) >= 11 is 0. The molecule has 1 nitrogen and oxygen atoms in total. The molecule has 0 radical (unpaired) electrons. The number of alkyl halides is 1. The van der Waals surface area contributed by atoms with Crippen LogP contribution in [0.4, 0.5) is 4.39 Å². The molecule has 0 fully saturated rings. The van der Waals surface area contributed by atoms with Crippen LogP contribution in [-0.2, 0) is 4.57 Å². The molecular weight excluding hydrogens is 366 g/mol. The van der Waals surface area contributed by atoms with Crippen LogP contribution in [0.25, 0.3) is 0 Å². The van der Waals surface area contributed by atoms with Gasteiger partial charge in [-0.25, -0.2) is 0 Å². The minimum atomic E-state index is -3.06. The number of hydrogen-bond acceptors (Lipinski definition) is 1. The van der Waals surface area contributed by atoms with E-state index in [-0.39, 0.29) is 0 Å². The van der Waals surface area contributed by atoms with Gasteiger partial charge in [-0.15, -0.1) is 0 Å².